The summed E-state index contributed by atoms with van der Waals surface area (Å²) in [5.41, 5.74) is 7.75. The molecule has 1 aliphatic rings. The first-order valence-corrected chi connectivity index (χ1v) is 4.78. The second-order valence-electron chi connectivity index (χ2n) is 3.93. The molecule has 1 aromatic carbocycles. The van der Waals surface area contributed by atoms with Gasteiger partial charge in [0.1, 0.15) is 0 Å². The lowest BCUT2D eigenvalue weighted by molar-refractivity contribution is 0.909. The maximum absolute atomic E-state index is 2.38. The molecular weight excluding hydrogens is 144 g/mol. The Morgan fingerprint density at radius 2 is 1.75 bits per heavy atom. The molecule has 64 valence electrons. The van der Waals surface area contributed by atoms with E-state index < -0.39 is 0 Å². The van der Waals surface area contributed by atoms with Gasteiger partial charge >= 0.3 is 0 Å². The second kappa shape index (κ2) is 2.62. The van der Waals surface area contributed by atoms with Crippen LogP contribution in [0.5, 0.6) is 0 Å². The predicted octanol–water partition coefficient (Wildman–Crippen LogP) is 3.10. The third-order valence-electron chi connectivity index (χ3n) is 3.26. The van der Waals surface area contributed by atoms with Crippen LogP contribution in [-0.4, -0.2) is 0 Å². The summed E-state index contributed by atoms with van der Waals surface area (Å²) in [5, 5.41) is 0. The summed E-state index contributed by atoms with van der Waals surface area (Å²) in [6.45, 7) is 6.73. The van der Waals surface area contributed by atoms with Crippen LogP contribution in [0.2, 0.25) is 0 Å². The maximum Gasteiger partial charge on any atom is -0.0270 e. The van der Waals surface area contributed by atoms with Crippen molar-refractivity contribution in [2.75, 3.05) is 0 Å². The molecule has 2 rings (SSSR count). The van der Waals surface area contributed by atoms with Gasteiger partial charge in [0.2, 0.25) is 0 Å². The minimum Gasteiger partial charge on any atom is -0.0555 e. The lowest BCUT2D eigenvalue weighted by atomic mass is 9.95. The molecule has 1 aromatic rings. The molecule has 0 saturated carbocycles. The summed E-state index contributed by atoms with van der Waals surface area (Å²) in [7, 11) is 0. The monoisotopic (exact) mass is 160 g/mol. The highest BCUT2D eigenvalue weighted by atomic mass is 14.2. The molecular formula is C12H16. The highest BCUT2D eigenvalue weighted by molar-refractivity contribution is 5.46. The van der Waals surface area contributed by atoms with Crippen molar-refractivity contribution in [3.63, 3.8) is 0 Å². The van der Waals surface area contributed by atoms with E-state index in [0.29, 0.717) is 0 Å². The molecule has 0 unspecified atom stereocenters. The van der Waals surface area contributed by atoms with E-state index in [1.54, 1.807) is 16.7 Å². The Labute approximate surface area is 74.6 Å². The minimum absolute atomic E-state index is 1.30. The predicted molar refractivity (Wildman–Crippen MR) is 52.7 cm³/mol. The molecule has 0 heterocycles. The van der Waals surface area contributed by atoms with Crippen LogP contribution in [0.25, 0.3) is 0 Å². The van der Waals surface area contributed by atoms with Crippen molar-refractivity contribution in [1.29, 1.82) is 0 Å². The lowest BCUT2D eigenvalue weighted by Gasteiger charge is -2.10. The lowest BCUT2D eigenvalue weighted by Crippen LogP contribution is -1.94. The molecule has 0 saturated heterocycles. The molecule has 0 aliphatic heterocycles. The number of aryl methyl sites for hydroxylation is 2. The number of hydrogen-bond acceptors (Lipinski definition) is 0. The van der Waals surface area contributed by atoms with Crippen LogP contribution in [0.15, 0.2) is 6.07 Å². The van der Waals surface area contributed by atoms with Gasteiger partial charge in [0.25, 0.3) is 0 Å². The van der Waals surface area contributed by atoms with Crippen LogP contribution in [0.4, 0.5) is 0 Å². The van der Waals surface area contributed by atoms with Crippen molar-refractivity contribution in [2.24, 2.45) is 0 Å². The van der Waals surface area contributed by atoms with Crippen LogP contribution in [0, 0.1) is 20.8 Å². The maximum atomic E-state index is 2.38. The average Bonchev–Trinajstić information content (AvgIpc) is 2.48. The SMILES string of the molecule is Cc1cc2c(c(C)c1C)CCC2. The van der Waals surface area contributed by atoms with E-state index in [-0.39, 0.29) is 0 Å². The third-order valence-corrected chi connectivity index (χ3v) is 3.26. The first kappa shape index (κ1) is 7.85. The van der Waals surface area contributed by atoms with Crippen molar-refractivity contribution >= 4 is 0 Å². The molecule has 0 bridgehead atoms. The molecule has 0 fully saturated rings. The Morgan fingerprint density at radius 1 is 1.00 bits per heavy atom. The van der Waals surface area contributed by atoms with Crippen molar-refractivity contribution < 1.29 is 0 Å². The minimum atomic E-state index is 1.30. The van der Waals surface area contributed by atoms with E-state index in [9.17, 15) is 0 Å². The third kappa shape index (κ3) is 0.979. The fraction of sp³-hybridized carbons (Fsp3) is 0.500. The van der Waals surface area contributed by atoms with Gasteiger partial charge in [0, 0.05) is 0 Å². The van der Waals surface area contributed by atoms with E-state index >= 15 is 0 Å². The Kier molecular flexibility index (Phi) is 1.71. The summed E-state index contributed by atoms with van der Waals surface area (Å²) in [4.78, 5) is 0. The molecule has 0 N–H and O–H groups in total. The quantitative estimate of drug-likeness (QED) is 0.547. The number of fused-ring (bicyclic) bond motifs is 1. The molecule has 0 nitrogen and oxygen atoms in total. The van der Waals surface area contributed by atoms with Gasteiger partial charge in [-0.1, -0.05) is 6.07 Å². The zero-order chi connectivity index (χ0) is 8.72. The standard InChI is InChI=1S/C12H16/c1-8-7-11-5-4-6-12(11)10(3)9(8)2/h7H,4-6H2,1-3H3. The Morgan fingerprint density at radius 3 is 2.50 bits per heavy atom. The summed E-state index contributed by atoms with van der Waals surface area (Å²) in [6, 6.07) is 2.38. The van der Waals surface area contributed by atoms with Gasteiger partial charge in [-0.2, -0.15) is 0 Å². The zero-order valence-corrected chi connectivity index (χ0v) is 8.20. The second-order valence-corrected chi connectivity index (χ2v) is 3.93. The summed E-state index contributed by atoms with van der Waals surface area (Å²) in [5.74, 6) is 0. The van der Waals surface area contributed by atoms with Crippen molar-refractivity contribution in [3.8, 4) is 0 Å². The van der Waals surface area contributed by atoms with Crippen LogP contribution in [-0.2, 0) is 12.8 Å². The Balaban J connectivity index is 2.67. The van der Waals surface area contributed by atoms with E-state index in [1.165, 1.54) is 30.4 Å². The van der Waals surface area contributed by atoms with E-state index in [2.05, 4.69) is 26.8 Å². The van der Waals surface area contributed by atoms with Gasteiger partial charge < -0.3 is 0 Å². The molecule has 0 aromatic heterocycles. The normalized spacial score (nSPS) is 14.9. The fourth-order valence-electron chi connectivity index (χ4n) is 2.25. The summed E-state index contributed by atoms with van der Waals surface area (Å²) in [6.07, 6.45) is 3.97. The summed E-state index contributed by atoms with van der Waals surface area (Å²) < 4.78 is 0. The number of benzene rings is 1. The molecule has 12 heavy (non-hydrogen) atoms. The van der Waals surface area contributed by atoms with Gasteiger partial charge in [0.15, 0.2) is 0 Å². The zero-order valence-electron chi connectivity index (χ0n) is 8.20. The van der Waals surface area contributed by atoms with Gasteiger partial charge in [-0.3, -0.25) is 0 Å². The molecule has 1 aliphatic carbocycles. The molecule has 0 radical (unpaired) electrons. The van der Waals surface area contributed by atoms with Crippen molar-refractivity contribution in [2.45, 2.75) is 40.0 Å². The van der Waals surface area contributed by atoms with Gasteiger partial charge in [-0.05, 0) is 67.9 Å². The van der Waals surface area contributed by atoms with Crippen molar-refractivity contribution in [3.05, 3.63) is 33.9 Å². The van der Waals surface area contributed by atoms with Crippen LogP contribution >= 0.6 is 0 Å². The van der Waals surface area contributed by atoms with E-state index in [0.717, 1.165) is 0 Å². The summed E-state index contributed by atoms with van der Waals surface area (Å²) >= 11 is 0. The molecule has 0 spiro atoms. The first-order chi connectivity index (χ1) is 5.70. The highest BCUT2D eigenvalue weighted by Gasteiger charge is 2.14. The van der Waals surface area contributed by atoms with E-state index in [4.69, 9.17) is 0 Å². The van der Waals surface area contributed by atoms with Crippen LogP contribution < -0.4 is 0 Å². The van der Waals surface area contributed by atoms with Gasteiger partial charge in [-0.15, -0.1) is 0 Å². The first-order valence-electron chi connectivity index (χ1n) is 4.78. The largest absolute Gasteiger partial charge is 0.0555 e. The highest BCUT2D eigenvalue weighted by Crippen LogP contribution is 2.28. The molecule has 0 heteroatoms. The van der Waals surface area contributed by atoms with Crippen LogP contribution in [0.1, 0.15) is 34.2 Å². The smallest absolute Gasteiger partial charge is 0.0270 e. The van der Waals surface area contributed by atoms with E-state index in [1.807, 2.05) is 0 Å². The van der Waals surface area contributed by atoms with Crippen LogP contribution in [0.3, 0.4) is 0 Å². The van der Waals surface area contributed by atoms with Gasteiger partial charge in [-0.25, -0.2) is 0 Å². The topological polar surface area (TPSA) is 0 Å². The average molecular weight is 160 g/mol. The number of hydrogen-bond donors (Lipinski definition) is 0. The number of rotatable bonds is 0. The van der Waals surface area contributed by atoms with Gasteiger partial charge in [0.05, 0.1) is 0 Å². The van der Waals surface area contributed by atoms with Crippen molar-refractivity contribution in [1.82, 2.24) is 0 Å². The Bertz CT molecular complexity index is 321. The Hall–Kier alpha value is -0.780. The fourth-order valence-corrected chi connectivity index (χ4v) is 2.25. The molecule has 0 atom stereocenters. The molecule has 0 amide bonds.